The Kier molecular flexibility index (Phi) is 18.6. The van der Waals surface area contributed by atoms with Gasteiger partial charge in [0.05, 0.1) is 62.1 Å². The van der Waals surface area contributed by atoms with Crippen molar-refractivity contribution in [1.82, 2.24) is 51.0 Å². The van der Waals surface area contributed by atoms with Crippen molar-refractivity contribution in [3.05, 3.63) is 83.8 Å². The number of anilines is 1. The molecule has 80 heavy (non-hydrogen) atoms. The summed E-state index contributed by atoms with van der Waals surface area (Å²) in [4.78, 5) is 67.0. The number of fused-ring (bicyclic) bond motifs is 2. The Hall–Kier alpha value is -6.85. The zero-order valence-electron chi connectivity index (χ0n) is 44.2. The lowest BCUT2D eigenvalue weighted by Crippen LogP contribution is -2.63. The highest BCUT2D eigenvalue weighted by Crippen LogP contribution is 2.42. The highest BCUT2D eigenvalue weighted by Gasteiger charge is 2.57. The van der Waals surface area contributed by atoms with Gasteiger partial charge in [-0.25, -0.2) is 42.1 Å². The summed E-state index contributed by atoms with van der Waals surface area (Å²) >= 11 is 0. The molecule has 4 amide bonds. The predicted molar refractivity (Wildman–Crippen MR) is 265 cm³/mol. The van der Waals surface area contributed by atoms with E-state index in [-0.39, 0.29) is 11.3 Å². The highest BCUT2D eigenvalue weighted by molar-refractivity contribution is 5.87. The molecule has 6 atom stereocenters. The van der Waals surface area contributed by atoms with E-state index in [2.05, 4.69) is 45.1 Å². The first kappa shape index (κ1) is 60.8. The number of aromatic nitrogens is 4. The molecule has 3 unspecified atom stereocenters. The van der Waals surface area contributed by atoms with Crippen LogP contribution in [0.15, 0.2) is 61.1 Å². The Morgan fingerprint density at radius 1 is 0.762 bits per heavy atom. The van der Waals surface area contributed by atoms with Crippen LogP contribution >= 0.6 is 0 Å². The lowest BCUT2D eigenvalue weighted by atomic mass is 9.82. The first-order valence-corrected chi connectivity index (χ1v) is 25.2. The fourth-order valence-corrected chi connectivity index (χ4v) is 9.76. The molecule has 7 rings (SSSR count). The molecule has 0 spiro atoms. The Morgan fingerprint density at radius 2 is 1.30 bits per heavy atom. The zero-order valence-corrected chi connectivity index (χ0v) is 44.2. The van der Waals surface area contributed by atoms with Crippen molar-refractivity contribution in [2.45, 2.75) is 121 Å². The number of piperazine rings is 1. The second-order valence-corrected chi connectivity index (χ2v) is 20.9. The molecule has 0 saturated carbocycles. The minimum atomic E-state index is -5.22. The van der Waals surface area contributed by atoms with Crippen LogP contribution in [-0.2, 0) is 43.3 Å². The summed E-state index contributed by atoms with van der Waals surface area (Å²) in [5.41, 5.74) is -3.93. The zero-order chi connectivity index (χ0) is 58.6. The number of hydrogen-bond acceptors (Lipinski definition) is 14. The third-order valence-electron chi connectivity index (χ3n) is 14.8. The molecule has 2 aromatic heterocycles. The molecule has 0 radical (unpaired) electrons. The number of nitrogens with one attached hydrogen (secondary N) is 4. The minimum Gasteiger partial charge on any atom is -0.453 e. The van der Waals surface area contributed by atoms with Gasteiger partial charge in [0, 0.05) is 73.5 Å². The molecule has 0 aliphatic carbocycles. The van der Waals surface area contributed by atoms with Crippen molar-refractivity contribution in [3.63, 3.8) is 0 Å². The SMILES string of the molecule is COC(=O)NC(C(=O)N[C@@H](Cc1ccc(-c2cnc(N3CC4CCC(C3)N4C3COC3)nc2)cc1)[C@@H](O)CN(Cc1c(F)cc(-c2ccn(CC(F)F)n2)cc1F)NC(=O)[C@@H](NC(=O)OC)C(C)(C)C(F)(F)F)C(C)(C)C(F)(F)F. The van der Waals surface area contributed by atoms with E-state index >= 15 is 8.78 Å². The molecule has 5 N–H and O–H groups in total. The fourth-order valence-electron chi connectivity index (χ4n) is 9.76. The number of aliphatic hydroxyl groups excluding tert-OH is 1. The smallest absolute Gasteiger partial charge is 0.407 e. The van der Waals surface area contributed by atoms with Gasteiger partial charge in [-0.2, -0.15) is 31.4 Å². The molecule has 3 saturated heterocycles. The minimum absolute atomic E-state index is 0.153. The van der Waals surface area contributed by atoms with Crippen LogP contribution in [0.3, 0.4) is 0 Å². The van der Waals surface area contributed by atoms with Crippen LogP contribution in [0.5, 0.6) is 0 Å². The van der Waals surface area contributed by atoms with E-state index in [1.807, 2.05) is 5.32 Å². The summed E-state index contributed by atoms with van der Waals surface area (Å²) in [6, 6.07) is 3.27. The number of methoxy groups -OCH3 is 2. The van der Waals surface area contributed by atoms with Crippen LogP contribution in [-0.4, -0.2) is 167 Å². The molecule has 2 aromatic carbocycles. The van der Waals surface area contributed by atoms with Gasteiger partial charge >= 0.3 is 24.5 Å². The highest BCUT2D eigenvalue weighted by atomic mass is 19.4. The molecular formula is C51H61F10N11O8. The van der Waals surface area contributed by atoms with E-state index in [1.54, 1.807) is 29.8 Å². The van der Waals surface area contributed by atoms with Gasteiger partial charge in [-0.1, -0.05) is 24.3 Å². The number of aliphatic hydroxyl groups is 1. The van der Waals surface area contributed by atoms with Crippen LogP contribution in [0.2, 0.25) is 0 Å². The quantitative estimate of drug-likeness (QED) is 0.0468. The number of hydrazine groups is 1. The van der Waals surface area contributed by atoms with E-state index in [0.29, 0.717) is 86.7 Å². The number of nitrogens with zero attached hydrogens (tertiary/aromatic N) is 7. The van der Waals surface area contributed by atoms with Gasteiger partial charge in [0.1, 0.15) is 30.3 Å². The summed E-state index contributed by atoms with van der Waals surface area (Å²) in [5.74, 6) is -5.42. The third-order valence-corrected chi connectivity index (χ3v) is 14.8. The molecule has 5 heterocycles. The number of alkyl carbamates (subject to hydrolysis) is 2. The van der Waals surface area contributed by atoms with E-state index in [4.69, 9.17) is 4.74 Å². The number of rotatable bonds is 21. The maximum absolute atomic E-state index is 16.1. The van der Waals surface area contributed by atoms with Gasteiger partial charge in [0.15, 0.2) is 0 Å². The second-order valence-electron chi connectivity index (χ2n) is 20.9. The lowest BCUT2D eigenvalue weighted by Gasteiger charge is -2.47. The normalized spacial score (nSPS) is 18.8. The molecule has 4 aromatic rings. The molecule has 19 nitrogen and oxygen atoms in total. The van der Waals surface area contributed by atoms with E-state index < -0.39 is 121 Å². The van der Waals surface area contributed by atoms with Gasteiger partial charge < -0.3 is 40.2 Å². The Bertz CT molecular complexity index is 2780. The first-order chi connectivity index (χ1) is 37.5. The van der Waals surface area contributed by atoms with Crippen LogP contribution in [0, 0.1) is 22.5 Å². The first-order valence-electron chi connectivity index (χ1n) is 25.2. The second kappa shape index (κ2) is 24.5. The van der Waals surface area contributed by atoms with Gasteiger partial charge in [-0.05, 0) is 76.3 Å². The number of carbonyl (C=O) groups excluding carboxylic acids is 4. The monoisotopic (exact) mass is 1150 g/mol. The van der Waals surface area contributed by atoms with Crippen molar-refractivity contribution in [3.8, 4) is 22.4 Å². The average molecular weight is 1150 g/mol. The number of benzene rings is 2. The van der Waals surface area contributed by atoms with E-state index in [0.717, 1.165) is 63.2 Å². The molecule has 3 fully saturated rings. The van der Waals surface area contributed by atoms with Crippen LogP contribution in [0.1, 0.15) is 51.7 Å². The summed E-state index contributed by atoms with van der Waals surface area (Å²) in [6.07, 6.45) is -12.3. The van der Waals surface area contributed by atoms with Gasteiger partial charge in [0.25, 0.3) is 12.3 Å². The van der Waals surface area contributed by atoms with Crippen molar-refractivity contribution >= 4 is 29.9 Å². The molecule has 3 aliphatic rings. The fraction of sp³-hybridized carbons (Fsp3) is 0.549. The maximum atomic E-state index is 16.1. The number of hydrogen-bond donors (Lipinski definition) is 5. The predicted octanol–water partition coefficient (Wildman–Crippen LogP) is 6.15. The maximum Gasteiger partial charge on any atom is 0.407 e. The summed E-state index contributed by atoms with van der Waals surface area (Å²) < 4.78 is 161. The topological polar surface area (TPSA) is 218 Å². The van der Waals surface area contributed by atoms with Crippen LogP contribution < -0.4 is 26.3 Å². The van der Waals surface area contributed by atoms with Gasteiger partial charge in [0.2, 0.25) is 11.9 Å². The van der Waals surface area contributed by atoms with Crippen molar-refractivity contribution < 1.29 is 82.4 Å². The number of alkyl halides is 8. The van der Waals surface area contributed by atoms with Crippen LogP contribution in [0.25, 0.3) is 22.4 Å². The Labute approximate surface area is 452 Å². The Balaban J connectivity index is 1.20. The third kappa shape index (κ3) is 13.8. The largest absolute Gasteiger partial charge is 0.453 e. The average Bonchev–Trinajstić information content (AvgIpc) is 3.95. The molecule has 2 bridgehead atoms. The van der Waals surface area contributed by atoms with Crippen LogP contribution in [0.4, 0.5) is 59.4 Å². The number of carbonyl (C=O) groups is 4. The number of amides is 4. The number of halogens is 10. The van der Waals surface area contributed by atoms with Crippen molar-refractivity contribution in [2.24, 2.45) is 10.8 Å². The summed E-state index contributed by atoms with van der Waals surface area (Å²) in [6.45, 7) is 2.13. The van der Waals surface area contributed by atoms with Crippen molar-refractivity contribution in [2.75, 3.05) is 52.0 Å². The van der Waals surface area contributed by atoms with Crippen molar-refractivity contribution in [1.29, 1.82) is 0 Å². The molecule has 438 valence electrons. The summed E-state index contributed by atoms with van der Waals surface area (Å²) in [7, 11) is 1.62. The van der Waals surface area contributed by atoms with E-state index in [1.165, 1.54) is 18.2 Å². The lowest BCUT2D eigenvalue weighted by molar-refractivity contribution is -0.221. The standard InChI is InChI=1S/C51H61F10N11O8/c1-48(2,50(56,57)58)41(65-46(76)78-5)43(74)64-38(15-27-7-9-28(10-8-27)30-18-62-45(63-19-30)69-20-31-11-12-32(21-69)72(31)33-25-80-26-33)39(73)23-71(68-44(75)42(66-47(77)79-6)49(3,4)51(59,60)61)22-34-35(52)16-29(17-36(34)53)37-13-14-70(67-37)24-40(54)55/h7-10,13-14,16-19,31-33,38-42,73H,11-12,15,20-26H2,1-6H3,(H,64,74)(H,65,76)(H,66,77)(H,68,75)/t31?,32?,38-,39-,41?,42+/m0/s1. The molecule has 29 heteroatoms. The van der Waals surface area contributed by atoms with E-state index in [9.17, 15) is 59.4 Å². The summed E-state index contributed by atoms with van der Waals surface area (Å²) in [5, 5.41) is 22.5. The van der Waals surface area contributed by atoms with Gasteiger partial charge in [-0.3, -0.25) is 24.6 Å². The Morgan fingerprint density at radius 3 is 1.79 bits per heavy atom. The molecule has 3 aliphatic heterocycles. The van der Waals surface area contributed by atoms with Gasteiger partial charge in [-0.15, -0.1) is 0 Å². The molecular weight excluding hydrogens is 1080 g/mol. The number of ether oxygens (including phenoxy) is 3.